The number of thioether (sulfide) groups is 1. The van der Waals surface area contributed by atoms with Crippen LogP contribution >= 0.6 is 11.8 Å². The number of carboxylic acid groups (broad SMARTS) is 2. The van der Waals surface area contributed by atoms with Gasteiger partial charge >= 0.3 is 11.9 Å². The maximum absolute atomic E-state index is 13.6. The van der Waals surface area contributed by atoms with Crippen LogP contribution in [0.5, 0.6) is 0 Å². The van der Waals surface area contributed by atoms with E-state index < -0.39 is 28.6 Å². The first-order valence-corrected chi connectivity index (χ1v) is 16.0. The van der Waals surface area contributed by atoms with Crippen LogP contribution in [0.4, 0.5) is 0 Å². The molecule has 0 aliphatic rings. The zero-order valence-corrected chi connectivity index (χ0v) is 26.0. The molecule has 0 fully saturated rings. The summed E-state index contributed by atoms with van der Waals surface area (Å²) in [5.74, 6) is -2.58. The number of amides is 2. The summed E-state index contributed by atoms with van der Waals surface area (Å²) in [4.78, 5) is 60.1. The molecular weight excluding hydrogens is 592 g/mol. The first-order chi connectivity index (χ1) is 21.7. The van der Waals surface area contributed by atoms with Gasteiger partial charge in [0.1, 0.15) is 0 Å². The van der Waals surface area contributed by atoms with E-state index in [4.69, 9.17) is 10.2 Å². The Hall–Kier alpha value is -4.44. The first-order valence-electron chi connectivity index (χ1n) is 15.0. The summed E-state index contributed by atoms with van der Waals surface area (Å²) in [5, 5.41) is 23.3. The average molecular weight is 633 g/mol. The van der Waals surface area contributed by atoms with E-state index in [1.165, 1.54) is 0 Å². The van der Waals surface area contributed by atoms with Gasteiger partial charge in [0.2, 0.25) is 11.8 Å². The van der Waals surface area contributed by atoms with Gasteiger partial charge in [0.05, 0.1) is 10.8 Å². The highest BCUT2D eigenvalue weighted by Crippen LogP contribution is 2.48. The summed E-state index contributed by atoms with van der Waals surface area (Å²) in [6.07, 6.45) is 0.678. The lowest BCUT2D eigenvalue weighted by molar-refractivity contribution is -0.138. The second-order valence-electron chi connectivity index (χ2n) is 10.6. The van der Waals surface area contributed by atoms with Gasteiger partial charge in [0.15, 0.2) is 5.78 Å². The Morgan fingerprint density at radius 3 is 1.49 bits per heavy atom. The van der Waals surface area contributed by atoms with Crippen molar-refractivity contribution in [3.63, 3.8) is 0 Å². The van der Waals surface area contributed by atoms with Crippen molar-refractivity contribution in [2.24, 2.45) is 0 Å². The lowest BCUT2D eigenvalue weighted by Crippen LogP contribution is -2.44. The van der Waals surface area contributed by atoms with Crippen LogP contribution in [0, 0.1) is 0 Å². The Morgan fingerprint density at radius 2 is 1.04 bits per heavy atom. The molecule has 9 nitrogen and oxygen atoms in total. The molecule has 4 N–H and O–H groups in total. The van der Waals surface area contributed by atoms with Crippen molar-refractivity contribution in [3.05, 3.63) is 108 Å². The van der Waals surface area contributed by atoms with Crippen molar-refractivity contribution in [2.45, 2.75) is 62.2 Å². The lowest BCUT2D eigenvalue weighted by atomic mass is 9.84. The van der Waals surface area contributed by atoms with Gasteiger partial charge in [-0.3, -0.25) is 24.0 Å². The predicted molar refractivity (Wildman–Crippen MR) is 174 cm³/mol. The molecule has 0 aromatic heterocycles. The third-order valence-corrected chi connectivity index (χ3v) is 8.88. The smallest absolute Gasteiger partial charge is 0.303 e. The van der Waals surface area contributed by atoms with Gasteiger partial charge in [-0.1, -0.05) is 91.0 Å². The predicted octanol–water partition coefficient (Wildman–Crippen LogP) is 5.17. The molecule has 0 unspecified atom stereocenters. The van der Waals surface area contributed by atoms with E-state index in [0.717, 1.165) is 16.7 Å². The van der Waals surface area contributed by atoms with E-state index in [9.17, 15) is 24.0 Å². The summed E-state index contributed by atoms with van der Waals surface area (Å²) in [6, 6.07) is 29.1. The fourth-order valence-corrected chi connectivity index (χ4v) is 6.61. The molecule has 238 valence electrons. The van der Waals surface area contributed by atoms with Crippen LogP contribution < -0.4 is 10.6 Å². The van der Waals surface area contributed by atoms with Crippen molar-refractivity contribution >= 4 is 41.3 Å². The number of Topliss-reactive ketones (excluding diaryl/α,β-unsaturated/α-hetero) is 1. The van der Waals surface area contributed by atoms with Gasteiger partial charge in [0, 0.05) is 44.4 Å². The standard InChI is InChI=1S/C35H40N2O7S/c38-30(19-12-24-36-31(39)20-10-22-33(41)42)29(37-32(40)21-11-23-34(43)44)25-45-35(26-13-4-1-5-14-26,27-15-6-2-7-16-27)28-17-8-3-9-18-28/h1-9,13-18,29H,10-12,19-25H2,(H,36,39)(H,37,40)(H,41,42)(H,43,44)/t29-/m0/s1. The first kappa shape index (κ1) is 35.0. The van der Waals surface area contributed by atoms with Gasteiger partial charge in [-0.25, -0.2) is 0 Å². The van der Waals surface area contributed by atoms with Crippen molar-refractivity contribution in [3.8, 4) is 0 Å². The maximum atomic E-state index is 13.6. The number of ketones is 1. The number of hydrogen-bond acceptors (Lipinski definition) is 6. The molecule has 45 heavy (non-hydrogen) atoms. The number of rotatable bonds is 20. The quantitative estimate of drug-likeness (QED) is 0.0984. The third-order valence-electron chi connectivity index (χ3n) is 7.24. The van der Waals surface area contributed by atoms with Gasteiger partial charge in [-0.05, 0) is 36.0 Å². The Balaban J connectivity index is 1.82. The van der Waals surface area contributed by atoms with Crippen LogP contribution in [0.15, 0.2) is 91.0 Å². The highest BCUT2D eigenvalue weighted by atomic mass is 32.2. The third kappa shape index (κ3) is 11.2. The van der Waals surface area contributed by atoms with Crippen LogP contribution in [0.25, 0.3) is 0 Å². The molecule has 0 heterocycles. The minimum absolute atomic E-state index is 0.0195. The number of nitrogens with one attached hydrogen (secondary N) is 2. The normalized spacial score (nSPS) is 11.7. The minimum Gasteiger partial charge on any atom is -0.481 e. The van der Waals surface area contributed by atoms with Gasteiger partial charge in [-0.2, -0.15) is 0 Å². The Morgan fingerprint density at radius 1 is 0.600 bits per heavy atom. The maximum Gasteiger partial charge on any atom is 0.303 e. The molecule has 0 aliphatic heterocycles. The summed E-state index contributed by atoms with van der Waals surface area (Å²) in [6.45, 7) is 0.242. The minimum atomic E-state index is -0.991. The van der Waals surface area contributed by atoms with E-state index in [1.807, 2.05) is 91.0 Å². The van der Waals surface area contributed by atoms with Crippen LogP contribution in [-0.2, 0) is 28.7 Å². The summed E-state index contributed by atoms with van der Waals surface area (Å²) >= 11 is 1.54. The molecule has 0 radical (unpaired) electrons. The largest absolute Gasteiger partial charge is 0.481 e. The number of benzene rings is 3. The van der Waals surface area contributed by atoms with Gasteiger partial charge in [-0.15, -0.1) is 11.8 Å². The lowest BCUT2D eigenvalue weighted by Gasteiger charge is -2.36. The zero-order valence-electron chi connectivity index (χ0n) is 25.2. The van der Waals surface area contributed by atoms with Crippen LogP contribution in [0.2, 0.25) is 0 Å². The topological polar surface area (TPSA) is 150 Å². The number of carbonyl (C=O) groups excluding carboxylic acids is 3. The average Bonchev–Trinajstić information content (AvgIpc) is 3.04. The van der Waals surface area contributed by atoms with Crippen molar-refractivity contribution in [1.82, 2.24) is 10.6 Å². The molecule has 3 aromatic rings. The molecule has 3 rings (SSSR count). The number of hydrogen-bond donors (Lipinski definition) is 4. The molecule has 0 aliphatic carbocycles. The number of carbonyl (C=O) groups is 5. The molecule has 10 heteroatoms. The Bertz CT molecular complexity index is 1300. The molecule has 3 aromatic carbocycles. The highest BCUT2D eigenvalue weighted by molar-refractivity contribution is 8.00. The van der Waals surface area contributed by atoms with Gasteiger partial charge in [0.25, 0.3) is 0 Å². The summed E-state index contributed by atoms with van der Waals surface area (Å²) < 4.78 is -0.708. The monoisotopic (exact) mass is 632 g/mol. The molecule has 0 bridgehead atoms. The Labute approximate surface area is 267 Å². The van der Waals surface area contributed by atoms with Crippen molar-refractivity contribution < 1.29 is 34.2 Å². The van der Waals surface area contributed by atoms with Crippen molar-refractivity contribution in [1.29, 1.82) is 0 Å². The molecule has 0 saturated heterocycles. The second kappa shape index (κ2) is 18.4. The van der Waals surface area contributed by atoms with E-state index >= 15 is 0 Å². The molecule has 0 saturated carbocycles. The van der Waals surface area contributed by atoms with Crippen molar-refractivity contribution in [2.75, 3.05) is 12.3 Å². The van der Waals surface area contributed by atoms with E-state index in [0.29, 0.717) is 6.42 Å². The SMILES string of the molecule is O=C(O)CCCC(=O)NCCCC(=O)[C@H](CSC(c1ccccc1)(c1ccccc1)c1ccccc1)NC(=O)CCCC(=O)O. The van der Waals surface area contributed by atoms with Gasteiger partial charge < -0.3 is 20.8 Å². The molecular formula is C35H40N2O7S. The fourth-order valence-electron chi connectivity index (χ4n) is 5.01. The Kier molecular flexibility index (Phi) is 14.3. The number of aliphatic carboxylic acids is 2. The van der Waals surface area contributed by atoms with Crippen LogP contribution in [0.1, 0.15) is 68.1 Å². The summed E-state index contributed by atoms with van der Waals surface area (Å²) in [5.41, 5.74) is 3.03. The fraction of sp³-hybridized carbons (Fsp3) is 0.343. The number of carboxylic acids is 2. The molecule has 2 amide bonds. The van der Waals surface area contributed by atoms with E-state index in [1.54, 1.807) is 11.8 Å². The van der Waals surface area contributed by atoms with Crippen LogP contribution in [-0.4, -0.2) is 58.1 Å². The zero-order chi connectivity index (χ0) is 32.5. The molecule has 1 atom stereocenters. The highest BCUT2D eigenvalue weighted by Gasteiger charge is 2.38. The summed E-state index contributed by atoms with van der Waals surface area (Å²) in [7, 11) is 0. The van der Waals surface area contributed by atoms with E-state index in [2.05, 4.69) is 10.6 Å². The molecule has 0 spiro atoms. The van der Waals surface area contributed by atoms with Crippen LogP contribution in [0.3, 0.4) is 0 Å². The second-order valence-corrected chi connectivity index (χ2v) is 11.9. The van der Waals surface area contributed by atoms with E-state index in [-0.39, 0.29) is 68.9 Å².